The molecule has 1 aliphatic rings. The monoisotopic (exact) mass is 157 g/mol. The van der Waals surface area contributed by atoms with E-state index in [2.05, 4.69) is 5.73 Å². The number of amides is 1. The van der Waals surface area contributed by atoms with Gasteiger partial charge in [-0.2, -0.15) is 0 Å². The van der Waals surface area contributed by atoms with Gasteiger partial charge in [0.15, 0.2) is 0 Å². The fourth-order valence-electron chi connectivity index (χ4n) is 1.49. The molecule has 0 spiro atoms. The molecule has 0 bridgehead atoms. The van der Waals surface area contributed by atoms with Gasteiger partial charge in [-0.1, -0.05) is 0 Å². The predicted molar refractivity (Wildman–Crippen MR) is 42.8 cm³/mol. The SMILES string of the molecule is CC(C)N1CC(C)([NH3+])CC1=O. The summed E-state index contributed by atoms with van der Waals surface area (Å²) in [5, 5.41) is 0. The van der Waals surface area contributed by atoms with E-state index < -0.39 is 0 Å². The Morgan fingerprint density at radius 3 is 2.36 bits per heavy atom. The van der Waals surface area contributed by atoms with Gasteiger partial charge in [-0.25, -0.2) is 0 Å². The molecular weight excluding hydrogens is 140 g/mol. The van der Waals surface area contributed by atoms with E-state index in [1.165, 1.54) is 0 Å². The van der Waals surface area contributed by atoms with E-state index in [0.29, 0.717) is 12.5 Å². The maximum atomic E-state index is 11.3. The first-order valence-corrected chi connectivity index (χ1v) is 4.07. The number of nitrogens with zero attached hydrogens (tertiary/aromatic N) is 1. The molecule has 1 amide bonds. The summed E-state index contributed by atoms with van der Waals surface area (Å²) in [4.78, 5) is 13.2. The van der Waals surface area contributed by atoms with E-state index in [4.69, 9.17) is 0 Å². The third-order valence-electron chi connectivity index (χ3n) is 2.07. The van der Waals surface area contributed by atoms with Gasteiger partial charge in [0.2, 0.25) is 5.91 Å². The van der Waals surface area contributed by atoms with Gasteiger partial charge in [0.1, 0.15) is 5.54 Å². The zero-order chi connectivity index (χ0) is 8.65. The van der Waals surface area contributed by atoms with Crippen LogP contribution in [-0.4, -0.2) is 28.9 Å². The second-order valence-electron chi connectivity index (χ2n) is 4.10. The first kappa shape index (κ1) is 8.53. The van der Waals surface area contributed by atoms with E-state index in [0.717, 1.165) is 6.54 Å². The molecule has 0 aromatic rings. The van der Waals surface area contributed by atoms with Crippen LogP contribution in [0.15, 0.2) is 0 Å². The van der Waals surface area contributed by atoms with Crippen molar-refractivity contribution in [1.29, 1.82) is 0 Å². The average Bonchev–Trinajstić information content (AvgIpc) is 2.05. The maximum Gasteiger partial charge on any atom is 0.229 e. The molecule has 3 heteroatoms. The Bertz CT molecular complexity index is 175. The van der Waals surface area contributed by atoms with Crippen LogP contribution >= 0.6 is 0 Å². The number of quaternary nitrogens is 1. The summed E-state index contributed by atoms with van der Waals surface area (Å²) in [7, 11) is 0. The molecule has 11 heavy (non-hydrogen) atoms. The van der Waals surface area contributed by atoms with Crippen molar-refractivity contribution < 1.29 is 10.5 Å². The summed E-state index contributed by atoms with van der Waals surface area (Å²) in [6.45, 7) is 6.93. The minimum atomic E-state index is -0.0542. The summed E-state index contributed by atoms with van der Waals surface area (Å²) in [6.07, 6.45) is 0.602. The molecule has 1 aliphatic heterocycles. The Hall–Kier alpha value is -0.570. The zero-order valence-corrected chi connectivity index (χ0v) is 7.55. The Labute approximate surface area is 67.5 Å². The zero-order valence-electron chi connectivity index (χ0n) is 7.55. The van der Waals surface area contributed by atoms with Crippen molar-refractivity contribution in [2.24, 2.45) is 0 Å². The Balaban J connectivity index is 2.67. The average molecular weight is 157 g/mol. The van der Waals surface area contributed by atoms with Crippen molar-refractivity contribution in [3.8, 4) is 0 Å². The quantitative estimate of drug-likeness (QED) is 0.554. The van der Waals surface area contributed by atoms with Crippen LogP contribution in [0.3, 0.4) is 0 Å². The Kier molecular flexibility index (Phi) is 1.92. The molecule has 1 saturated heterocycles. The molecule has 1 fully saturated rings. The normalized spacial score (nSPS) is 32.1. The number of hydrogen-bond acceptors (Lipinski definition) is 1. The third kappa shape index (κ3) is 1.71. The van der Waals surface area contributed by atoms with Crippen molar-refractivity contribution in [3.63, 3.8) is 0 Å². The molecule has 1 rings (SSSR count). The fourth-order valence-corrected chi connectivity index (χ4v) is 1.49. The highest BCUT2D eigenvalue weighted by atomic mass is 16.2. The highest BCUT2D eigenvalue weighted by molar-refractivity contribution is 5.80. The number of carbonyl (C=O) groups excluding carboxylic acids is 1. The Morgan fingerprint density at radius 2 is 2.18 bits per heavy atom. The molecule has 1 heterocycles. The van der Waals surface area contributed by atoms with Gasteiger partial charge in [0, 0.05) is 6.04 Å². The molecule has 64 valence electrons. The van der Waals surface area contributed by atoms with Crippen LogP contribution < -0.4 is 5.73 Å². The van der Waals surface area contributed by atoms with Crippen LogP contribution in [-0.2, 0) is 4.79 Å². The molecule has 1 unspecified atom stereocenters. The number of rotatable bonds is 1. The third-order valence-corrected chi connectivity index (χ3v) is 2.07. The van der Waals surface area contributed by atoms with Crippen LogP contribution in [0.1, 0.15) is 27.2 Å². The second-order valence-corrected chi connectivity index (χ2v) is 4.10. The summed E-state index contributed by atoms with van der Waals surface area (Å²) in [5.74, 6) is 0.248. The van der Waals surface area contributed by atoms with Gasteiger partial charge in [-0.05, 0) is 20.8 Å². The molecular formula is C8H17N2O+. The predicted octanol–water partition coefficient (Wildman–Crippen LogP) is -0.372. The van der Waals surface area contributed by atoms with Crippen molar-refractivity contribution >= 4 is 5.91 Å². The molecule has 0 aromatic heterocycles. The number of carbonyl (C=O) groups is 1. The van der Waals surface area contributed by atoms with Gasteiger partial charge in [-0.15, -0.1) is 0 Å². The minimum Gasteiger partial charge on any atom is -0.351 e. The van der Waals surface area contributed by atoms with Gasteiger partial charge < -0.3 is 10.6 Å². The number of likely N-dealkylation sites (tertiary alicyclic amines) is 1. The topological polar surface area (TPSA) is 48.0 Å². The van der Waals surface area contributed by atoms with Gasteiger partial charge in [0.25, 0.3) is 0 Å². The van der Waals surface area contributed by atoms with Crippen molar-refractivity contribution in [3.05, 3.63) is 0 Å². The standard InChI is InChI=1S/C8H16N2O/c1-6(2)10-5-8(3,9)4-7(10)11/h6H,4-5,9H2,1-3H3/p+1. The highest BCUT2D eigenvalue weighted by Crippen LogP contribution is 2.19. The Morgan fingerprint density at radius 1 is 1.64 bits per heavy atom. The molecule has 3 N–H and O–H groups in total. The van der Waals surface area contributed by atoms with E-state index in [-0.39, 0.29) is 11.4 Å². The van der Waals surface area contributed by atoms with Gasteiger partial charge in [-0.3, -0.25) is 4.79 Å². The lowest BCUT2D eigenvalue weighted by atomic mass is 10.0. The second kappa shape index (κ2) is 2.48. The van der Waals surface area contributed by atoms with Gasteiger partial charge in [0.05, 0.1) is 13.0 Å². The lowest BCUT2D eigenvalue weighted by Crippen LogP contribution is -2.72. The molecule has 0 aromatic carbocycles. The summed E-state index contributed by atoms with van der Waals surface area (Å²) < 4.78 is 0. The van der Waals surface area contributed by atoms with Crippen molar-refractivity contribution in [2.75, 3.05) is 6.54 Å². The first-order chi connectivity index (χ1) is 4.92. The summed E-state index contributed by atoms with van der Waals surface area (Å²) in [6, 6.07) is 0.325. The van der Waals surface area contributed by atoms with E-state index in [1.54, 1.807) is 0 Å². The lowest BCUT2D eigenvalue weighted by molar-refractivity contribution is -0.465. The van der Waals surface area contributed by atoms with Crippen LogP contribution in [0.2, 0.25) is 0 Å². The van der Waals surface area contributed by atoms with E-state index in [9.17, 15) is 4.79 Å². The lowest BCUT2D eigenvalue weighted by Gasteiger charge is -2.21. The smallest absolute Gasteiger partial charge is 0.229 e. The summed E-state index contributed by atoms with van der Waals surface area (Å²) >= 11 is 0. The largest absolute Gasteiger partial charge is 0.351 e. The van der Waals surface area contributed by atoms with Crippen molar-refractivity contribution in [2.45, 2.75) is 38.8 Å². The van der Waals surface area contributed by atoms with Gasteiger partial charge >= 0.3 is 0 Å². The van der Waals surface area contributed by atoms with Crippen LogP contribution in [0.25, 0.3) is 0 Å². The molecule has 0 aliphatic carbocycles. The fraction of sp³-hybridized carbons (Fsp3) is 0.875. The van der Waals surface area contributed by atoms with Crippen molar-refractivity contribution in [1.82, 2.24) is 4.90 Å². The molecule has 1 atom stereocenters. The minimum absolute atomic E-state index is 0.0542. The van der Waals surface area contributed by atoms with E-state index >= 15 is 0 Å². The molecule has 3 nitrogen and oxygen atoms in total. The first-order valence-electron chi connectivity index (χ1n) is 4.07. The molecule has 0 radical (unpaired) electrons. The molecule has 0 saturated carbocycles. The van der Waals surface area contributed by atoms with E-state index in [1.807, 2.05) is 25.7 Å². The van der Waals surface area contributed by atoms with Crippen LogP contribution in [0.4, 0.5) is 0 Å². The highest BCUT2D eigenvalue weighted by Gasteiger charge is 2.40. The number of hydrogen-bond donors (Lipinski definition) is 1. The van der Waals surface area contributed by atoms with Crippen LogP contribution in [0, 0.1) is 0 Å². The summed E-state index contributed by atoms with van der Waals surface area (Å²) in [5.41, 5.74) is 3.94. The maximum absolute atomic E-state index is 11.3. The van der Waals surface area contributed by atoms with Crippen LogP contribution in [0.5, 0.6) is 0 Å².